The minimum absolute atomic E-state index is 0.126. The highest BCUT2D eigenvalue weighted by atomic mass is 32.2. The number of urea groups is 1. The van der Waals surface area contributed by atoms with E-state index in [1.54, 1.807) is 31.0 Å². The molecule has 0 heterocycles. The molecule has 1 atom stereocenters. The number of amides is 3. The molecule has 128 valence electrons. The van der Waals surface area contributed by atoms with Crippen molar-refractivity contribution in [2.24, 2.45) is 5.73 Å². The molecule has 8 nitrogen and oxygen atoms in total. The average Bonchev–Trinajstić information content (AvgIpc) is 2.45. The first kappa shape index (κ1) is 19.1. The largest absolute Gasteiger partial charge is 0.351 e. The van der Waals surface area contributed by atoms with Crippen LogP contribution >= 0.6 is 0 Å². The van der Waals surface area contributed by atoms with Gasteiger partial charge in [-0.1, -0.05) is 17.7 Å². The van der Waals surface area contributed by atoms with Gasteiger partial charge in [0, 0.05) is 13.1 Å². The minimum atomic E-state index is -3.59. The quantitative estimate of drug-likeness (QED) is 0.633. The van der Waals surface area contributed by atoms with Gasteiger partial charge in [-0.05, 0) is 33.0 Å². The molecular formula is C14H22N4O4S. The van der Waals surface area contributed by atoms with E-state index in [1.165, 1.54) is 12.1 Å². The maximum Gasteiger partial charge on any atom is 0.318 e. The van der Waals surface area contributed by atoms with Gasteiger partial charge in [0.1, 0.15) is 0 Å². The van der Waals surface area contributed by atoms with Gasteiger partial charge >= 0.3 is 6.03 Å². The molecule has 0 aliphatic heterocycles. The molecule has 0 aliphatic rings. The van der Waals surface area contributed by atoms with Gasteiger partial charge in [0.2, 0.25) is 15.9 Å². The molecule has 9 heteroatoms. The number of carbonyl (C=O) groups excluding carboxylic acids is 2. The maximum absolute atomic E-state index is 12.1. The first-order chi connectivity index (χ1) is 10.6. The number of sulfonamides is 1. The zero-order valence-electron chi connectivity index (χ0n) is 13.4. The molecule has 0 bridgehead atoms. The predicted octanol–water partition coefficient (Wildman–Crippen LogP) is -0.211. The van der Waals surface area contributed by atoms with Crippen molar-refractivity contribution in [2.75, 3.05) is 20.1 Å². The van der Waals surface area contributed by atoms with E-state index in [9.17, 15) is 18.0 Å². The monoisotopic (exact) mass is 342 g/mol. The third-order valence-electron chi connectivity index (χ3n) is 3.37. The number of likely N-dealkylation sites (N-methyl/N-ethyl adjacent to an activating group) is 1. The van der Waals surface area contributed by atoms with Crippen LogP contribution in [0.3, 0.4) is 0 Å². The normalized spacial score (nSPS) is 12.9. The Morgan fingerprint density at radius 1 is 1.26 bits per heavy atom. The van der Waals surface area contributed by atoms with E-state index in [2.05, 4.69) is 4.72 Å². The van der Waals surface area contributed by atoms with Gasteiger partial charge < -0.3 is 5.73 Å². The Balaban J connectivity index is 2.53. The number of imide groups is 1. The predicted molar refractivity (Wildman–Crippen MR) is 86.2 cm³/mol. The smallest absolute Gasteiger partial charge is 0.318 e. The fraction of sp³-hybridized carbons (Fsp3) is 0.429. The summed E-state index contributed by atoms with van der Waals surface area (Å²) in [7, 11) is -1.94. The highest BCUT2D eigenvalue weighted by molar-refractivity contribution is 7.89. The number of nitrogens with zero attached hydrogens (tertiary/aromatic N) is 1. The van der Waals surface area contributed by atoms with Crippen molar-refractivity contribution in [1.29, 1.82) is 0 Å². The van der Waals surface area contributed by atoms with E-state index < -0.39 is 28.0 Å². The molecule has 0 radical (unpaired) electrons. The number of aryl methyl sites for hydroxylation is 1. The number of rotatable bonds is 7. The van der Waals surface area contributed by atoms with Crippen LogP contribution in [0.25, 0.3) is 0 Å². The number of carbonyl (C=O) groups is 2. The van der Waals surface area contributed by atoms with Gasteiger partial charge in [-0.3, -0.25) is 15.0 Å². The van der Waals surface area contributed by atoms with Crippen LogP contribution in [0.4, 0.5) is 4.79 Å². The number of nitrogens with one attached hydrogen (secondary N) is 2. The van der Waals surface area contributed by atoms with Gasteiger partial charge in [0.05, 0.1) is 10.9 Å². The van der Waals surface area contributed by atoms with Gasteiger partial charge in [0.15, 0.2) is 0 Å². The number of hydrogen-bond acceptors (Lipinski definition) is 5. The Bertz CT molecular complexity index is 658. The number of primary amides is 1. The molecule has 0 spiro atoms. The topological polar surface area (TPSA) is 122 Å². The molecule has 0 saturated heterocycles. The van der Waals surface area contributed by atoms with Crippen LogP contribution in [0.5, 0.6) is 0 Å². The Morgan fingerprint density at radius 2 is 1.83 bits per heavy atom. The van der Waals surface area contributed by atoms with Crippen molar-refractivity contribution in [2.45, 2.75) is 24.8 Å². The lowest BCUT2D eigenvalue weighted by Gasteiger charge is -2.23. The van der Waals surface area contributed by atoms with Crippen molar-refractivity contribution >= 4 is 22.0 Å². The van der Waals surface area contributed by atoms with Gasteiger partial charge in [-0.15, -0.1) is 0 Å². The van der Waals surface area contributed by atoms with E-state index >= 15 is 0 Å². The summed E-state index contributed by atoms with van der Waals surface area (Å²) in [5.41, 5.74) is 5.85. The van der Waals surface area contributed by atoms with Crippen molar-refractivity contribution in [1.82, 2.24) is 14.9 Å². The summed E-state index contributed by atoms with van der Waals surface area (Å²) in [6.45, 7) is 3.88. The SMILES string of the molecule is Cc1ccc(S(=O)(=O)NCCN(C)[C@@H](C)C(=O)NC(N)=O)cc1. The molecule has 1 aromatic carbocycles. The Labute approximate surface area is 136 Å². The fourth-order valence-electron chi connectivity index (χ4n) is 1.78. The average molecular weight is 342 g/mol. The van der Waals surface area contributed by atoms with Crippen molar-refractivity contribution in [3.63, 3.8) is 0 Å². The third-order valence-corrected chi connectivity index (χ3v) is 4.85. The summed E-state index contributed by atoms with van der Waals surface area (Å²) in [5, 5.41) is 1.98. The van der Waals surface area contributed by atoms with Crippen molar-refractivity contribution in [3.05, 3.63) is 29.8 Å². The molecule has 0 aromatic heterocycles. The van der Waals surface area contributed by atoms with E-state index in [0.717, 1.165) is 5.56 Å². The fourth-order valence-corrected chi connectivity index (χ4v) is 2.80. The van der Waals surface area contributed by atoms with Crippen LogP contribution in [-0.4, -0.2) is 51.4 Å². The molecule has 1 aromatic rings. The first-order valence-corrected chi connectivity index (χ1v) is 8.48. The number of benzene rings is 1. The van der Waals surface area contributed by atoms with Gasteiger partial charge in [-0.2, -0.15) is 0 Å². The highest BCUT2D eigenvalue weighted by Gasteiger charge is 2.20. The number of hydrogen-bond donors (Lipinski definition) is 3. The van der Waals surface area contributed by atoms with Crippen LogP contribution in [0.2, 0.25) is 0 Å². The summed E-state index contributed by atoms with van der Waals surface area (Å²) < 4.78 is 26.7. The summed E-state index contributed by atoms with van der Waals surface area (Å²) >= 11 is 0. The molecule has 0 fully saturated rings. The molecule has 0 saturated carbocycles. The summed E-state index contributed by atoms with van der Waals surface area (Å²) in [6.07, 6.45) is 0. The Kier molecular flexibility index (Phi) is 6.67. The summed E-state index contributed by atoms with van der Waals surface area (Å²) in [4.78, 5) is 24.1. The van der Waals surface area contributed by atoms with E-state index in [-0.39, 0.29) is 11.4 Å². The summed E-state index contributed by atoms with van der Waals surface area (Å²) in [6, 6.07) is 4.96. The standard InChI is InChI=1S/C14H22N4O4S/c1-10-4-6-12(7-5-10)23(21,22)16-8-9-18(3)11(2)13(19)17-14(15)20/h4-7,11,16H,8-9H2,1-3H3,(H3,15,17,19,20)/t11-/m0/s1. The molecule has 0 unspecified atom stereocenters. The lowest BCUT2D eigenvalue weighted by molar-refractivity contribution is -0.124. The molecule has 1 rings (SSSR count). The van der Waals surface area contributed by atoms with Crippen LogP contribution in [0.1, 0.15) is 12.5 Å². The molecule has 0 aliphatic carbocycles. The Morgan fingerprint density at radius 3 is 2.35 bits per heavy atom. The molecule has 4 N–H and O–H groups in total. The second kappa shape index (κ2) is 8.04. The first-order valence-electron chi connectivity index (χ1n) is 7.00. The lowest BCUT2D eigenvalue weighted by atomic mass is 10.2. The van der Waals surface area contributed by atoms with Crippen LogP contribution in [0.15, 0.2) is 29.2 Å². The van der Waals surface area contributed by atoms with Crippen LogP contribution < -0.4 is 15.8 Å². The van der Waals surface area contributed by atoms with Crippen molar-refractivity contribution < 1.29 is 18.0 Å². The van der Waals surface area contributed by atoms with Gasteiger partial charge in [-0.25, -0.2) is 17.9 Å². The van der Waals surface area contributed by atoms with Crippen LogP contribution in [0, 0.1) is 6.92 Å². The van der Waals surface area contributed by atoms with Crippen molar-refractivity contribution in [3.8, 4) is 0 Å². The Hall–Kier alpha value is -1.97. The van der Waals surface area contributed by atoms with Gasteiger partial charge in [0.25, 0.3) is 0 Å². The maximum atomic E-state index is 12.1. The molecule has 23 heavy (non-hydrogen) atoms. The molecular weight excluding hydrogens is 320 g/mol. The number of nitrogens with two attached hydrogens (primary N) is 1. The third kappa shape index (κ3) is 5.97. The minimum Gasteiger partial charge on any atom is -0.351 e. The summed E-state index contributed by atoms with van der Waals surface area (Å²) in [5.74, 6) is -0.540. The molecule has 3 amide bonds. The second-order valence-corrected chi connectivity index (χ2v) is 6.99. The van der Waals surface area contributed by atoms with E-state index in [0.29, 0.717) is 6.54 Å². The van der Waals surface area contributed by atoms with E-state index in [1.807, 2.05) is 12.2 Å². The van der Waals surface area contributed by atoms with Crippen LogP contribution in [-0.2, 0) is 14.8 Å². The zero-order valence-corrected chi connectivity index (χ0v) is 14.2. The zero-order chi connectivity index (χ0) is 17.6. The van der Waals surface area contributed by atoms with E-state index in [4.69, 9.17) is 5.73 Å². The second-order valence-electron chi connectivity index (χ2n) is 5.22. The lowest BCUT2D eigenvalue weighted by Crippen LogP contribution is -2.48. The highest BCUT2D eigenvalue weighted by Crippen LogP contribution is 2.09.